The number of halogens is 1. The molecule has 0 saturated heterocycles. The molecule has 0 unspecified atom stereocenters. The first kappa shape index (κ1) is 80.7. The lowest BCUT2D eigenvalue weighted by Crippen LogP contribution is -2.27. The molecule has 17 rings (SSSR count). The van der Waals surface area contributed by atoms with E-state index in [-0.39, 0.29) is 93.4 Å². The van der Waals surface area contributed by atoms with Gasteiger partial charge in [-0.2, -0.15) is 25.5 Å². The second-order valence-corrected chi connectivity index (χ2v) is 24.6. The quantitative estimate of drug-likeness (QED) is 0.0231. The van der Waals surface area contributed by atoms with Crippen LogP contribution in [-0.4, -0.2) is 141 Å². The van der Waals surface area contributed by atoms with Crippen molar-refractivity contribution in [2.45, 2.75) is 58.5 Å². The van der Waals surface area contributed by atoms with Gasteiger partial charge < -0.3 is 31.3 Å². The van der Waals surface area contributed by atoms with Crippen molar-refractivity contribution in [3.8, 4) is 29.0 Å². The number of benzene rings is 1. The van der Waals surface area contributed by atoms with Gasteiger partial charge in [-0.1, -0.05) is 29.8 Å². The molecule has 3 aliphatic rings. The largest absolute Gasteiger partial charge is 0.426 e. The molecular formula is C73H63ClN28O14. The van der Waals surface area contributed by atoms with Gasteiger partial charge in [0, 0.05) is 169 Å². The van der Waals surface area contributed by atoms with Crippen LogP contribution in [0.4, 0.5) is 40.1 Å². The molecule has 586 valence electrons. The van der Waals surface area contributed by atoms with E-state index in [1.54, 1.807) is 151 Å². The number of H-pyrrole nitrogens is 1. The third-order valence-electron chi connectivity index (χ3n) is 16.6. The van der Waals surface area contributed by atoms with Crippen LogP contribution in [0.25, 0.3) is 23.3 Å². The van der Waals surface area contributed by atoms with Crippen molar-refractivity contribution in [2.24, 2.45) is 0 Å². The molecule has 3 aliphatic heterocycles. The Balaban J connectivity index is 0.000000140. The fourth-order valence-corrected chi connectivity index (χ4v) is 11.3. The van der Waals surface area contributed by atoms with Crippen LogP contribution in [0.5, 0.6) is 5.75 Å². The van der Waals surface area contributed by atoms with Gasteiger partial charge in [0.1, 0.15) is 28.0 Å². The van der Waals surface area contributed by atoms with Crippen LogP contribution in [0.1, 0.15) is 50.5 Å². The average Bonchev–Trinajstić information content (AvgIpc) is 1.62. The molecule has 42 nitrogen and oxygen atoms in total. The molecule has 0 fully saturated rings. The number of carbonyl (C=O) groups excluding carboxylic acids is 3. The smallest absolute Gasteiger partial charge is 0.317 e. The summed E-state index contributed by atoms with van der Waals surface area (Å²) in [5.74, 6) is 0.716. The molecule has 0 bridgehead atoms. The molecule has 0 atom stereocenters. The van der Waals surface area contributed by atoms with Gasteiger partial charge in [-0.15, -0.1) is 0 Å². The van der Waals surface area contributed by atoms with Gasteiger partial charge in [0.15, 0.2) is 23.3 Å². The average molecular weight is 1590 g/mol. The number of fused-ring (bicyclic) bond motifs is 3. The highest BCUT2D eigenvalue weighted by Gasteiger charge is 2.30. The summed E-state index contributed by atoms with van der Waals surface area (Å²) in [5.41, 5.74) is 16.7. The minimum Gasteiger partial charge on any atom is -0.426 e. The molecule has 14 aromatic rings. The first-order valence-electron chi connectivity index (χ1n) is 34.2. The summed E-state index contributed by atoms with van der Waals surface area (Å²) in [5, 5.41) is 80.1. The Bertz CT molecular complexity index is 5500. The van der Waals surface area contributed by atoms with Crippen molar-refractivity contribution in [3.63, 3.8) is 0 Å². The molecular weight excluding hydrogens is 1530 g/mol. The minimum absolute atomic E-state index is 0.0222. The summed E-state index contributed by atoms with van der Waals surface area (Å²) in [6.45, 7) is 3.86. The number of hydrogen-bond acceptors (Lipinski definition) is 30. The van der Waals surface area contributed by atoms with Gasteiger partial charge in [0.05, 0.1) is 43.9 Å². The predicted molar refractivity (Wildman–Crippen MR) is 410 cm³/mol. The molecule has 116 heavy (non-hydrogen) atoms. The van der Waals surface area contributed by atoms with Crippen LogP contribution in [0.3, 0.4) is 0 Å². The van der Waals surface area contributed by atoms with Crippen LogP contribution in [0, 0.1) is 50.6 Å². The van der Waals surface area contributed by atoms with Crippen molar-refractivity contribution in [3.05, 3.63) is 345 Å². The lowest BCUT2D eigenvalue weighted by atomic mass is 10.2. The van der Waals surface area contributed by atoms with E-state index in [1.807, 2.05) is 30.6 Å². The van der Waals surface area contributed by atoms with Crippen molar-refractivity contribution in [1.29, 1.82) is 0 Å². The van der Waals surface area contributed by atoms with Crippen LogP contribution in [0.2, 0.25) is 5.15 Å². The van der Waals surface area contributed by atoms with Gasteiger partial charge in [0.2, 0.25) is 23.5 Å². The van der Waals surface area contributed by atoms with Crippen molar-refractivity contribution < 1.29 is 43.7 Å². The number of rotatable bonds is 16. The van der Waals surface area contributed by atoms with E-state index >= 15 is 0 Å². The Morgan fingerprint density at radius 1 is 0.405 bits per heavy atom. The molecule has 13 aromatic heterocycles. The number of anilines is 2. The number of amides is 2. The van der Waals surface area contributed by atoms with E-state index in [0.29, 0.717) is 55.2 Å². The van der Waals surface area contributed by atoms with Gasteiger partial charge in [0.25, 0.3) is 17.1 Å². The first-order chi connectivity index (χ1) is 56.1. The number of nitrogens with one attached hydrogen (secondary N) is 2. The van der Waals surface area contributed by atoms with E-state index in [2.05, 4.69) is 81.8 Å². The second kappa shape index (κ2) is 38.9. The number of esters is 1. The lowest BCUT2D eigenvalue weighted by molar-refractivity contribution is -0.386. The summed E-state index contributed by atoms with van der Waals surface area (Å²) < 4.78 is 11.1. The SMILES string of the molecule is Nc1nc(-n2cccn2)ccc1[N+](=O)[O-].Nc1nc(Cl)ccc1[N+](=O)[O-].O=C(Cc1nc(-n2cccn2)ccc1[N+](=O)[O-])N1Cc2ccncc2C1.O=C(Cc1nc(-n2cccn2)ccc1[N+](=O)[O-])N1Cc2ccncc2C1.O=C(Cc1nc(-n2cccn2)ccc1[N+](=O)[O-])Oc1ccccc1.c1cc2c(cn1)CNC2.c1cn[nH]c1. The first-order valence-corrected chi connectivity index (χ1v) is 34.6. The number of carbonyl (C=O) groups is 3. The number of pyridine rings is 8. The van der Waals surface area contributed by atoms with E-state index in [9.17, 15) is 65.0 Å². The lowest BCUT2D eigenvalue weighted by Gasteiger charge is -2.15. The topological polar surface area (TPSA) is 550 Å². The number of nitrogens with zero attached hydrogens (tertiary/aromatic N) is 24. The summed E-state index contributed by atoms with van der Waals surface area (Å²) in [6, 6.07) is 36.8. The maximum atomic E-state index is 12.7. The molecule has 0 saturated carbocycles. The van der Waals surface area contributed by atoms with Gasteiger partial charge in [-0.3, -0.25) is 85.0 Å². The zero-order valence-corrected chi connectivity index (χ0v) is 61.1. The zero-order chi connectivity index (χ0) is 82.0. The number of nitrogens with two attached hydrogens (primary N) is 2. The van der Waals surface area contributed by atoms with E-state index in [4.69, 9.17) is 27.8 Å². The third-order valence-corrected chi connectivity index (χ3v) is 16.8. The molecule has 1 aromatic carbocycles. The summed E-state index contributed by atoms with van der Waals surface area (Å²) in [6.07, 6.45) is 26.5. The Kier molecular flexibility index (Phi) is 27.1. The highest BCUT2D eigenvalue weighted by molar-refractivity contribution is 6.29. The van der Waals surface area contributed by atoms with Crippen molar-refractivity contribution >= 4 is 69.5 Å². The zero-order valence-electron chi connectivity index (χ0n) is 60.4. The van der Waals surface area contributed by atoms with E-state index in [1.165, 1.54) is 90.5 Å². The molecule has 0 radical (unpaired) electrons. The molecule has 6 N–H and O–H groups in total. The van der Waals surface area contributed by atoms with Crippen LogP contribution in [-0.2, 0) is 72.9 Å². The van der Waals surface area contributed by atoms with E-state index < -0.39 is 30.6 Å². The molecule has 0 aliphatic carbocycles. The number of aromatic nitrogens is 18. The number of para-hydroxylation sites is 1. The predicted octanol–water partition coefficient (Wildman–Crippen LogP) is 8.71. The third kappa shape index (κ3) is 21.8. The Hall–Kier alpha value is -16.3. The minimum atomic E-state index is -0.630. The highest BCUT2D eigenvalue weighted by atomic mass is 35.5. The Morgan fingerprint density at radius 3 is 1.15 bits per heavy atom. The highest BCUT2D eigenvalue weighted by Crippen LogP contribution is 2.29. The van der Waals surface area contributed by atoms with Gasteiger partial charge in [-0.05, 0) is 124 Å². The fourth-order valence-electron chi connectivity index (χ4n) is 11.1. The summed E-state index contributed by atoms with van der Waals surface area (Å²) in [7, 11) is 0. The van der Waals surface area contributed by atoms with Crippen LogP contribution >= 0.6 is 11.6 Å². The monoisotopic (exact) mass is 1590 g/mol. The Morgan fingerprint density at radius 2 is 0.784 bits per heavy atom. The normalized spacial score (nSPS) is 11.7. The van der Waals surface area contributed by atoms with Gasteiger partial charge in [-0.25, -0.2) is 43.6 Å². The van der Waals surface area contributed by atoms with E-state index in [0.717, 1.165) is 35.3 Å². The fraction of sp³-hybridized carbons (Fsp3) is 0.123. The maximum Gasteiger partial charge on any atom is 0.317 e. The standard InChI is InChI=1S/2C17H14N6O3.C16H12N4O4.C8H7N5O2.C7H8N2.C5H4ClN3O2.C3H4N2/c2*24-17(21-10-12-4-6-18-9-13(12)11-21)8-14-15(23(25)26)2-3-16(20-14)22-7-1-5-19-22;21-16(24-12-5-2-1-3-6-12)11-13-14(20(22)23)7-8-15(18-13)19-10-4-9-17-19;9-8-6(13(14)15)2-3-7(11-8)12-5-1-4-10-12;1-2-8-4-7-5-9-3-6(1)7;6-4-2-1-3(9(10)11)5(7)8-4;1-2-4-5-3-1/h2*1-7,9H,8,10-11H2;1-10H,11H2;1-5H,(H2,9,11);1-2,4,9H,3,5H2;1-2H,(H2,7,8);1-3H,(H,4,5). The second-order valence-electron chi connectivity index (χ2n) is 24.2. The summed E-state index contributed by atoms with van der Waals surface area (Å²) in [4.78, 5) is 125. The van der Waals surface area contributed by atoms with Crippen LogP contribution < -0.4 is 21.5 Å². The number of aromatic amines is 1. The Labute approximate surface area is 658 Å². The van der Waals surface area contributed by atoms with Crippen molar-refractivity contribution in [1.82, 2.24) is 104 Å². The number of nitrogen functional groups attached to an aromatic ring is 2. The molecule has 2 amide bonds. The van der Waals surface area contributed by atoms with Crippen molar-refractivity contribution in [2.75, 3.05) is 11.5 Å². The number of hydrogen-bond donors (Lipinski definition) is 4. The summed E-state index contributed by atoms with van der Waals surface area (Å²) >= 11 is 5.41. The maximum absolute atomic E-state index is 12.7. The van der Waals surface area contributed by atoms with Gasteiger partial charge >= 0.3 is 17.3 Å². The molecule has 43 heteroatoms. The number of nitro groups is 5. The molecule has 16 heterocycles. The number of ether oxygens (including phenoxy) is 1. The molecule has 0 spiro atoms. The van der Waals surface area contributed by atoms with Crippen LogP contribution in [0.15, 0.2) is 239 Å².